The van der Waals surface area contributed by atoms with Crippen LogP contribution in [0.3, 0.4) is 0 Å². The highest BCUT2D eigenvalue weighted by molar-refractivity contribution is 6.67. The lowest BCUT2D eigenvalue weighted by molar-refractivity contribution is 0.155. The first-order chi connectivity index (χ1) is 5.45. The second-order valence-corrected chi connectivity index (χ2v) is 4.85. The van der Waals surface area contributed by atoms with Crippen LogP contribution in [0.25, 0.3) is 0 Å². The van der Waals surface area contributed by atoms with E-state index >= 15 is 0 Å². The number of halogens is 4. The topological polar surface area (TPSA) is 18.5 Å². The number of hydrogen-bond acceptors (Lipinski definition) is 2. The second-order valence-electron chi connectivity index (χ2n) is 2.11. The van der Waals surface area contributed by atoms with Crippen LogP contribution >= 0.6 is 46.7 Å². The molecule has 0 N–H and O–H groups in total. The zero-order valence-corrected chi connectivity index (χ0v) is 9.18. The lowest BCUT2D eigenvalue weighted by atomic mass is 10.3. The first-order valence-electron chi connectivity index (χ1n) is 3.00. The number of hydrogen-bond donors (Lipinski definition) is 0. The molecule has 0 amide bonds. The van der Waals surface area contributed by atoms with Crippen LogP contribution < -0.4 is 0 Å². The molecule has 0 spiro atoms. The third-order valence-corrected chi connectivity index (χ3v) is 1.27. The molecule has 0 saturated carbocycles. The smallest absolute Gasteiger partial charge is 0.213 e. The minimum Gasteiger partial charge on any atom is -0.373 e. The molecule has 0 aromatic heterocycles. The van der Waals surface area contributed by atoms with Crippen molar-refractivity contribution in [3.05, 3.63) is 12.2 Å². The molecule has 0 unspecified atom stereocenters. The van der Waals surface area contributed by atoms with E-state index in [4.69, 9.17) is 51.4 Å². The van der Waals surface area contributed by atoms with Crippen LogP contribution in [-0.2, 0) is 9.03 Å². The van der Waals surface area contributed by atoms with E-state index in [0.717, 1.165) is 0 Å². The largest absolute Gasteiger partial charge is 0.373 e. The Morgan fingerprint density at radius 3 is 2.25 bits per heavy atom. The molecule has 0 aromatic rings. The fourth-order valence-electron chi connectivity index (χ4n) is 0.430. The van der Waals surface area contributed by atoms with Gasteiger partial charge < -0.3 is 4.74 Å². The van der Waals surface area contributed by atoms with Gasteiger partial charge in [-0.25, -0.2) is 0 Å². The minimum absolute atomic E-state index is 0.0129. The van der Waals surface area contributed by atoms with Gasteiger partial charge in [-0.1, -0.05) is 41.4 Å². The van der Waals surface area contributed by atoms with Crippen molar-refractivity contribution in [2.24, 2.45) is 0 Å². The summed E-state index contributed by atoms with van der Waals surface area (Å²) in [5, 5.41) is 0. The number of ether oxygens (including phenoxy) is 1. The molecule has 2 nitrogen and oxygen atoms in total. The molecule has 6 heteroatoms. The van der Waals surface area contributed by atoms with Gasteiger partial charge in [0.15, 0.2) is 0 Å². The standard InChI is InChI=1S/C6H8Cl4O2/c1-5(3-12-10)2-11-4-6(7,8)9/h1-4H2. The van der Waals surface area contributed by atoms with E-state index < -0.39 is 3.79 Å². The highest BCUT2D eigenvalue weighted by Crippen LogP contribution is 2.25. The van der Waals surface area contributed by atoms with E-state index in [1.54, 1.807) is 0 Å². The summed E-state index contributed by atoms with van der Waals surface area (Å²) in [6.07, 6.45) is 0. The summed E-state index contributed by atoms with van der Waals surface area (Å²) < 4.78 is 7.87. The molecular formula is C6H8Cl4O2. The second kappa shape index (κ2) is 6.30. The minimum atomic E-state index is -1.39. The summed E-state index contributed by atoms with van der Waals surface area (Å²) in [4.78, 5) is 0. The van der Waals surface area contributed by atoms with Gasteiger partial charge in [0.25, 0.3) is 0 Å². The van der Waals surface area contributed by atoms with E-state index in [1.165, 1.54) is 0 Å². The summed E-state index contributed by atoms with van der Waals surface area (Å²) in [5.74, 6) is 0. The fourth-order valence-corrected chi connectivity index (χ4v) is 0.816. The average Bonchev–Trinajstić information content (AvgIpc) is 1.84. The van der Waals surface area contributed by atoms with Gasteiger partial charge in [0.05, 0.1) is 31.7 Å². The van der Waals surface area contributed by atoms with Gasteiger partial charge >= 0.3 is 0 Å². The Hall–Kier alpha value is 0.820. The molecule has 72 valence electrons. The van der Waals surface area contributed by atoms with Crippen LogP contribution in [0.15, 0.2) is 12.2 Å². The summed E-state index contributed by atoms with van der Waals surface area (Å²) in [7, 11) is 0. The Morgan fingerprint density at radius 1 is 1.25 bits per heavy atom. The quantitative estimate of drug-likeness (QED) is 0.554. The van der Waals surface area contributed by atoms with Gasteiger partial charge in [-0.15, -0.1) is 0 Å². The third-order valence-electron chi connectivity index (χ3n) is 0.831. The SMILES string of the molecule is C=C(COCl)COCC(Cl)(Cl)Cl. The molecule has 0 heterocycles. The summed E-state index contributed by atoms with van der Waals surface area (Å²) in [6, 6.07) is 0. The maximum atomic E-state index is 5.41. The predicted octanol–water partition coefficient (Wildman–Crippen LogP) is 3.10. The molecule has 0 aromatic carbocycles. The maximum Gasteiger partial charge on any atom is 0.213 e. The van der Waals surface area contributed by atoms with Crippen molar-refractivity contribution in [1.29, 1.82) is 0 Å². The molecule has 0 aliphatic heterocycles. The molecular weight excluding hydrogens is 246 g/mol. The van der Waals surface area contributed by atoms with Crippen LogP contribution in [0.1, 0.15) is 0 Å². The zero-order chi connectivity index (χ0) is 9.61. The Morgan fingerprint density at radius 2 is 1.83 bits per heavy atom. The molecule has 0 bridgehead atoms. The molecule has 0 rings (SSSR count). The molecule has 0 aliphatic carbocycles. The van der Waals surface area contributed by atoms with Crippen LogP contribution in [0, 0.1) is 0 Å². The highest BCUT2D eigenvalue weighted by atomic mass is 35.6. The third kappa shape index (κ3) is 8.91. The van der Waals surface area contributed by atoms with E-state index in [9.17, 15) is 0 Å². The van der Waals surface area contributed by atoms with Crippen molar-refractivity contribution in [2.45, 2.75) is 3.79 Å². The maximum absolute atomic E-state index is 5.41. The number of rotatable bonds is 5. The zero-order valence-electron chi connectivity index (χ0n) is 6.16. The van der Waals surface area contributed by atoms with Crippen molar-refractivity contribution in [3.63, 3.8) is 0 Å². The van der Waals surface area contributed by atoms with Crippen LogP contribution in [0.5, 0.6) is 0 Å². The van der Waals surface area contributed by atoms with Gasteiger partial charge in [-0.2, -0.15) is 0 Å². The van der Waals surface area contributed by atoms with Crippen molar-refractivity contribution in [2.75, 3.05) is 19.8 Å². The predicted molar refractivity (Wildman–Crippen MR) is 52.1 cm³/mol. The average molecular weight is 254 g/mol. The van der Waals surface area contributed by atoms with E-state index in [0.29, 0.717) is 5.57 Å². The summed E-state index contributed by atoms with van der Waals surface area (Å²) in [6.45, 7) is 4.10. The lowest BCUT2D eigenvalue weighted by Crippen LogP contribution is -2.14. The van der Waals surface area contributed by atoms with Gasteiger partial charge in [0.1, 0.15) is 0 Å². The van der Waals surface area contributed by atoms with Crippen molar-refractivity contribution in [1.82, 2.24) is 0 Å². The van der Waals surface area contributed by atoms with E-state index in [-0.39, 0.29) is 19.8 Å². The van der Waals surface area contributed by atoms with E-state index in [1.807, 2.05) is 0 Å². The fraction of sp³-hybridized carbons (Fsp3) is 0.667. The highest BCUT2D eigenvalue weighted by Gasteiger charge is 2.19. The Bertz CT molecular complexity index is 143. The molecule has 0 saturated heterocycles. The molecule has 12 heavy (non-hydrogen) atoms. The van der Waals surface area contributed by atoms with Crippen LogP contribution in [0.2, 0.25) is 0 Å². The van der Waals surface area contributed by atoms with Gasteiger partial charge in [0.2, 0.25) is 3.79 Å². The van der Waals surface area contributed by atoms with E-state index in [2.05, 4.69) is 10.9 Å². The van der Waals surface area contributed by atoms with Gasteiger partial charge in [-0.3, -0.25) is 4.29 Å². The first-order valence-corrected chi connectivity index (χ1v) is 4.44. The van der Waals surface area contributed by atoms with Gasteiger partial charge in [0, 0.05) is 0 Å². The monoisotopic (exact) mass is 252 g/mol. The molecule has 0 fully saturated rings. The number of alkyl halides is 3. The van der Waals surface area contributed by atoms with Crippen LogP contribution in [-0.4, -0.2) is 23.6 Å². The van der Waals surface area contributed by atoms with Crippen molar-refractivity contribution in [3.8, 4) is 0 Å². The van der Waals surface area contributed by atoms with Crippen molar-refractivity contribution < 1.29 is 9.03 Å². The Labute approximate surface area is 91.5 Å². The summed E-state index contributed by atoms with van der Waals surface area (Å²) in [5.41, 5.74) is 0.680. The van der Waals surface area contributed by atoms with Gasteiger partial charge in [-0.05, 0) is 5.57 Å². The molecule has 0 aliphatic rings. The Balaban J connectivity index is 3.37. The lowest BCUT2D eigenvalue weighted by Gasteiger charge is -2.11. The summed E-state index contributed by atoms with van der Waals surface area (Å²) >= 11 is 21.2. The normalized spacial score (nSPS) is 11.7. The Kier molecular flexibility index (Phi) is 6.73. The first kappa shape index (κ1) is 12.8. The molecule has 0 radical (unpaired) electrons. The van der Waals surface area contributed by atoms with Crippen molar-refractivity contribution >= 4 is 46.7 Å². The van der Waals surface area contributed by atoms with Crippen LogP contribution in [0.4, 0.5) is 0 Å². The molecule has 0 atom stereocenters.